The Morgan fingerprint density at radius 3 is 2.48 bits per heavy atom. The Labute approximate surface area is 158 Å². The zero-order valence-electron chi connectivity index (χ0n) is 15.2. The summed E-state index contributed by atoms with van der Waals surface area (Å²) in [6, 6.07) is 18.3. The highest BCUT2D eigenvalue weighted by molar-refractivity contribution is 5.88. The molecule has 2 amide bonds. The number of nitrogens with one attached hydrogen (secondary N) is 2. The zero-order valence-corrected chi connectivity index (χ0v) is 15.2. The first-order valence-electron chi connectivity index (χ1n) is 8.51. The van der Waals surface area contributed by atoms with E-state index in [0.717, 1.165) is 16.9 Å². The second-order valence-electron chi connectivity index (χ2n) is 5.96. The van der Waals surface area contributed by atoms with Gasteiger partial charge in [-0.1, -0.05) is 29.8 Å². The molecule has 138 valence electrons. The first-order valence-corrected chi connectivity index (χ1v) is 8.51. The highest BCUT2D eigenvalue weighted by atomic mass is 16.5. The van der Waals surface area contributed by atoms with Crippen LogP contribution in [0.5, 0.6) is 17.4 Å². The number of urea groups is 1. The van der Waals surface area contributed by atoms with Gasteiger partial charge in [-0.05, 0) is 42.8 Å². The smallest absolute Gasteiger partial charge is 0.319 e. The number of aryl methyl sites for hydroxylation is 1. The summed E-state index contributed by atoms with van der Waals surface area (Å²) in [5.74, 6) is 1.84. The van der Waals surface area contributed by atoms with E-state index in [1.54, 1.807) is 37.6 Å². The fourth-order valence-electron chi connectivity index (χ4n) is 2.46. The molecule has 0 fully saturated rings. The van der Waals surface area contributed by atoms with Crippen LogP contribution in [0.15, 0.2) is 66.9 Å². The summed E-state index contributed by atoms with van der Waals surface area (Å²) in [6.45, 7) is 2.48. The molecular weight excluding hydrogens is 342 g/mol. The topological polar surface area (TPSA) is 72.5 Å². The van der Waals surface area contributed by atoms with Gasteiger partial charge in [0, 0.05) is 12.6 Å². The van der Waals surface area contributed by atoms with Crippen molar-refractivity contribution in [3.8, 4) is 17.4 Å². The zero-order chi connectivity index (χ0) is 19.1. The highest BCUT2D eigenvalue weighted by Crippen LogP contribution is 2.23. The molecule has 0 bridgehead atoms. The van der Waals surface area contributed by atoms with E-state index < -0.39 is 0 Å². The summed E-state index contributed by atoms with van der Waals surface area (Å²) in [4.78, 5) is 16.2. The van der Waals surface area contributed by atoms with Gasteiger partial charge in [-0.15, -0.1) is 0 Å². The van der Waals surface area contributed by atoms with Gasteiger partial charge >= 0.3 is 6.03 Å². The number of anilines is 1. The maximum Gasteiger partial charge on any atom is 0.319 e. The minimum Gasteiger partial charge on any atom is -0.497 e. The Balaban J connectivity index is 1.51. The first kappa shape index (κ1) is 18.3. The quantitative estimate of drug-likeness (QED) is 0.676. The third-order valence-electron chi connectivity index (χ3n) is 3.81. The van der Waals surface area contributed by atoms with E-state index in [9.17, 15) is 4.79 Å². The molecular formula is C21H21N3O3. The lowest BCUT2D eigenvalue weighted by Gasteiger charge is -2.09. The van der Waals surface area contributed by atoms with E-state index in [4.69, 9.17) is 9.47 Å². The van der Waals surface area contributed by atoms with Crippen molar-refractivity contribution in [3.05, 3.63) is 78.0 Å². The van der Waals surface area contributed by atoms with E-state index in [0.29, 0.717) is 23.9 Å². The number of amides is 2. The summed E-state index contributed by atoms with van der Waals surface area (Å²) in [6.07, 6.45) is 1.55. The van der Waals surface area contributed by atoms with Gasteiger partial charge in [0.1, 0.15) is 11.5 Å². The number of aromatic nitrogens is 1. The number of rotatable bonds is 6. The average Bonchev–Trinajstić information content (AvgIpc) is 2.69. The highest BCUT2D eigenvalue weighted by Gasteiger charge is 2.04. The van der Waals surface area contributed by atoms with Gasteiger partial charge in [0.25, 0.3) is 0 Å². The molecule has 0 atom stereocenters. The van der Waals surface area contributed by atoms with Crippen LogP contribution in [0.1, 0.15) is 11.1 Å². The summed E-state index contributed by atoms with van der Waals surface area (Å²) < 4.78 is 10.8. The van der Waals surface area contributed by atoms with Crippen LogP contribution in [0.2, 0.25) is 0 Å². The van der Waals surface area contributed by atoms with Crippen LogP contribution < -0.4 is 20.1 Å². The van der Waals surface area contributed by atoms with Crippen molar-refractivity contribution >= 4 is 11.7 Å². The first-order chi connectivity index (χ1) is 13.1. The summed E-state index contributed by atoms with van der Waals surface area (Å²) in [7, 11) is 1.61. The van der Waals surface area contributed by atoms with Crippen LogP contribution in [0.25, 0.3) is 0 Å². The average molecular weight is 363 g/mol. The molecule has 0 unspecified atom stereocenters. The van der Waals surface area contributed by atoms with Crippen LogP contribution in [0.4, 0.5) is 10.5 Å². The Bertz CT molecular complexity index is 893. The van der Waals surface area contributed by atoms with Crippen molar-refractivity contribution in [2.75, 3.05) is 12.4 Å². The summed E-state index contributed by atoms with van der Waals surface area (Å²) >= 11 is 0. The van der Waals surface area contributed by atoms with Crippen molar-refractivity contribution in [1.82, 2.24) is 10.3 Å². The van der Waals surface area contributed by atoms with E-state index in [1.165, 1.54) is 0 Å². The van der Waals surface area contributed by atoms with Crippen molar-refractivity contribution in [2.45, 2.75) is 13.5 Å². The number of carbonyl (C=O) groups is 1. The third-order valence-corrected chi connectivity index (χ3v) is 3.81. The third kappa shape index (κ3) is 5.47. The second-order valence-corrected chi connectivity index (χ2v) is 5.96. The molecule has 2 aromatic carbocycles. The number of carbonyl (C=O) groups excluding carboxylic acids is 1. The van der Waals surface area contributed by atoms with Crippen molar-refractivity contribution in [2.24, 2.45) is 0 Å². The normalized spacial score (nSPS) is 10.1. The Morgan fingerprint density at radius 1 is 1.04 bits per heavy atom. The summed E-state index contributed by atoms with van der Waals surface area (Å²) in [5.41, 5.74) is 2.79. The lowest BCUT2D eigenvalue weighted by molar-refractivity contribution is 0.251. The van der Waals surface area contributed by atoms with Gasteiger partial charge in [-0.3, -0.25) is 0 Å². The largest absolute Gasteiger partial charge is 0.497 e. The number of hydrogen-bond acceptors (Lipinski definition) is 4. The van der Waals surface area contributed by atoms with Crippen molar-refractivity contribution < 1.29 is 14.3 Å². The number of ether oxygens (including phenoxy) is 2. The molecule has 6 nitrogen and oxygen atoms in total. The van der Waals surface area contributed by atoms with Crippen molar-refractivity contribution in [1.29, 1.82) is 0 Å². The number of benzene rings is 2. The fraction of sp³-hybridized carbons (Fsp3) is 0.143. The maximum atomic E-state index is 12.0. The molecule has 0 aliphatic carbocycles. The van der Waals surface area contributed by atoms with Crippen LogP contribution in [-0.2, 0) is 6.54 Å². The van der Waals surface area contributed by atoms with Crippen LogP contribution in [-0.4, -0.2) is 18.1 Å². The van der Waals surface area contributed by atoms with Gasteiger partial charge < -0.3 is 20.1 Å². The molecule has 2 N–H and O–H groups in total. The molecule has 0 aliphatic rings. The molecule has 0 radical (unpaired) electrons. The lowest BCUT2D eigenvalue weighted by Crippen LogP contribution is -2.28. The SMILES string of the molecule is COc1ccc(Oc2ccc(NC(=O)NCc3cccc(C)c3)cn2)cc1. The van der Waals surface area contributed by atoms with E-state index in [-0.39, 0.29) is 6.03 Å². The molecule has 3 rings (SSSR count). The Kier molecular flexibility index (Phi) is 5.89. The lowest BCUT2D eigenvalue weighted by atomic mass is 10.1. The van der Waals surface area contributed by atoms with Gasteiger partial charge in [-0.2, -0.15) is 0 Å². The van der Waals surface area contributed by atoms with Gasteiger partial charge in [0.2, 0.25) is 5.88 Å². The predicted molar refractivity (Wildman–Crippen MR) is 104 cm³/mol. The molecule has 0 saturated heterocycles. The monoisotopic (exact) mass is 363 g/mol. The molecule has 0 spiro atoms. The molecule has 3 aromatic rings. The maximum absolute atomic E-state index is 12.0. The standard InChI is InChI=1S/C21H21N3O3/c1-15-4-3-5-16(12-15)13-23-21(25)24-17-6-11-20(22-14-17)27-19-9-7-18(26-2)8-10-19/h3-12,14H,13H2,1-2H3,(H2,23,24,25). The van der Waals surface area contributed by atoms with Crippen LogP contribution in [0.3, 0.4) is 0 Å². The van der Waals surface area contributed by atoms with Crippen molar-refractivity contribution in [3.63, 3.8) is 0 Å². The van der Waals surface area contributed by atoms with Gasteiger partial charge in [0.05, 0.1) is 19.0 Å². The Hall–Kier alpha value is -3.54. The minimum atomic E-state index is -0.290. The van der Waals surface area contributed by atoms with E-state index in [1.807, 2.05) is 43.3 Å². The number of nitrogens with zero attached hydrogens (tertiary/aromatic N) is 1. The molecule has 1 heterocycles. The molecule has 0 saturated carbocycles. The fourth-order valence-corrected chi connectivity index (χ4v) is 2.46. The van der Waals surface area contributed by atoms with Gasteiger partial charge in [0.15, 0.2) is 0 Å². The second kappa shape index (κ2) is 8.71. The van der Waals surface area contributed by atoms with Crippen LogP contribution >= 0.6 is 0 Å². The minimum absolute atomic E-state index is 0.290. The van der Waals surface area contributed by atoms with E-state index >= 15 is 0 Å². The number of methoxy groups -OCH3 is 1. The molecule has 1 aromatic heterocycles. The Morgan fingerprint density at radius 2 is 1.81 bits per heavy atom. The van der Waals surface area contributed by atoms with E-state index in [2.05, 4.69) is 15.6 Å². The number of hydrogen-bond donors (Lipinski definition) is 2. The molecule has 27 heavy (non-hydrogen) atoms. The summed E-state index contributed by atoms with van der Waals surface area (Å²) in [5, 5.41) is 5.57. The predicted octanol–water partition coefficient (Wildman–Crippen LogP) is 4.51. The molecule has 0 aliphatic heterocycles. The van der Waals surface area contributed by atoms with Gasteiger partial charge in [-0.25, -0.2) is 9.78 Å². The molecule has 6 heteroatoms. The van der Waals surface area contributed by atoms with Crippen LogP contribution in [0, 0.1) is 6.92 Å². The number of pyridine rings is 1.